The van der Waals surface area contributed by atoms with Crippen LogP contribution in [0.2, 0.25) is 0 Å². The molecule has 0 aliphatic carbocycles. The van der Waals surface area contributed by atoms with E-state index in [0.717, 1.165) is 22.5 Å². The van der Waals surface area contributed by atoms with Crippen molar-refractivity contribution in [2.75, 3.05) is 13.7 Å². The van der Waals surface area contributed by atoms with Crippen LogP contribution in [0.4, 0.5) is 0 Å². The molecule has 2 aromatic heterocycles. The number of hydrogen-bond acceptors (Lipinski definition) is 4. The zero-order chi connectivity index (χ0) is 19.2. The number of hydrogen-bond donors (Lipinski definition) is 1. The molecule has 1 N–H and O–H groups in total. The Balaban J connectivity index is 1.61. The maximum Gasteiger partial charge on any atom is 0.244 e. The van der Waals surface area contributed by atoms with Crippen LogP contribution in [0.15, 0.2) is 48.8 Å². The highest BCUT2D eigenvalue weighted by Crippen LogP contribution is 2.28. The molecule has 0 atom stereocenters. The number of benzene rings is 1. The lowest BCUT2D eigenvalue weighted by Gasteiger charge is -2.09. The van der Waals surface area contributed by atoms with E-state index in [2.05, 4.69) is 10.3 Å². The van der Waals surface area contributed by atoms with Gasteiger partial charge in [0.1, 0.15) is 5.65 Å². The Bertz CT molecular complexity index is 976. The van der Waals surface area contributed by atoms with Crippen LogP contribution >= 0.6 is 0 Å². The molecule has 2 heterocycles. The zero-order valence-electron chi connectivity index (χ0n) is 15.7. The van der Waals surface area contributed by atoms with Crippen molar-refractivity contribution in [1.29, 1.82) is 0 Å². The quantitative estimate of drug-likeness (QED) is 0.652. The predicted molar refractivity (Wildman–Crippen MR) is 105 cm³/mol. The molecule has 0 saturated heterocycles. The number of ether oxygens (including phenoxy) is 2. The van der Waals surface area contributed by atoms with Gasteiger partial charge in [-0.1, -0.05) is 12.1 Å². The van der Waals surface area contributed by atoms with Gasteiger partial charge in [-0.25, -0.2) is 4.98 Å². The van der Waals surface area contributed by atoms with Gasteiger partial charge < -0.3 is 19.2 Å². The fourth-order valence-corrected chi connectivity index (χ4v) is 2.71. The number of carbonyl (C=O) groups excluding carboxylic acids is 1. The Kier molecular flexibility index (Phi) is 5.76. The first kappa shape index (κ1) is 18.5. The van der Waals surface area contributed by atoms with Crippen LogP contribution in [0.3, 0.4) is 0 Å². The molecule has 0 fully saturated rings. The Labute approximate surface area is 158 Å². The number of imidazole rings is 1. The molecule has 0 aliphatic rings. The molecule has 0 unspecified atom stereocenters. The number of pyridine rings is 1. The number of fused-ring (bicyclic) bond motifs is 1. The van der Waals surface area contributed by atoms with Crippen molar-refractivity contribution in [2.45, 2.75) is 20.4 Å². The van der Waals surface area contributed by atoms with Crippen LogP contribution in [-0.2, 0) is 11.3 Å². The molecule has 3 aromatic rings. The predicted octanol–water partition coefficient (Wildman–Crippen LogP) is 3.38. The second-order valence-corrected chi connectivity index (χ2v) is 6.10. The van der Waals surface area contributed by atoms with Gasteiger partial charge in [-0.05, 0) is 49.2 Å². The number of nitrogens with zero attached hydrogens (tertiary/aromatic N) is 2. The van der Waals surface area contributed by atoms with E-state index in [1.54, 1.807) is 13.2 Å². The van der Waals surface area contributed by atoms with Crippen LogP contribution < -0.4 is 14.8 Å². The van der Waals surface area contributed by atoms with Crippen molar-refractivity contribution >= 4 is 17.6 Å². The summed E-state index contributed by atoms with van der Waals surface area (Å²) in [5.74, 6) is 1.14. The summed E-state index contributed by atoms with van der Waals surface area (Å²) >= 11 is 0. The molecule has 3 rings (SSSR count). The number of amides is 1. The van der Waals surface area contributed by atoms with Crippen LogP contribution in [0.25, 0.3) is 11.7 Å². The maximum atomic E-state index is 12.1. The van der Waals surface area contributed by atoms with Crippen molar-refractivity contribution in [2.24, 2.45) is 0 Å². The third-order valence-corrected chi connectivity index (χ3v) is 4.01. The molecule has 0 aliphatic heterocycles. The number of methoxy groups -OCH3 is 1. The van der Waals surface area contributed by atoms with Gasteiger partial charge in [0.2, 0.25) is 5.91 Å². The summed E-state index contributed by atoms with van der Waals surface area (Å²) in [7, 11) is 1.59. The smallest absolute Gasteiger partial charge is 0.244 e. The van der Waals surface area contributed by atoms with E-state index in [0.29, 0.717) is 24.7 Å². The van der Waals surface area contributed by atoms with Crippen LogP contribution in [0, 0.1) is 6.92 Å². The Morgan fingerprint density at radius 3 is 2.85 bits per heavy atom. The third kappa shape index (κ3) is 4.67. The fourth-order valence-electron chi connectivity index (χ4n) is 2.71. The first-order valence-electron chi connectivity index (χ1n) is 8.80. The van der Waals surface area contributed by atoms with Gasteiger partial charge in [-0.2, -0.15) is 0 Å². The average molecular weight is 365 g/mol. The van der Waals surface area contributed by atoms with Crippen molar-refractivity contribution in [3.63, 3.8) is 0 Å². The standard InChI is InChI=1S/C21H23N3O3/c1-4-27-18-8-6-16(11-19(18)26-3)7-10-21(25)22-12-17-14-24-13-15(2)5-9-20(24)23-17/h5-11,13-14H,4,12H2,1-3H3,(H,22,25)/b10-7+. The molecule has 6 heteroatoms. The summed E-state index contributed by atoms with van der Waals surface area (Å²) in [4.78, 5) is 16.6. The van der Waals surface area contributed by atoms with Gasteiger partial charge in [-0.3, -0.25) is 4.79 Å². The normalized spacial score (nSPS) is 11.1. The van der Waals surface area contributed by atoms with Gasteiger partial charge >= 0.3 is 0 Å². The minimum absolute atomic E-state index is 0.184. The number of rotatable bonds is 7. The number of carbonyl (C=O) groups is 1. The largest absolute Gasteiger partial charge is 0.493 e. The number of aryl methyl sites for hydroxylation is 1. The topological polar surface area (TPSA) is 64.9 Å². The maximum absolute atomic E-state index is 12.1. The Morgan fingerprint density at radius 1 is 1.22 bits per heavy atom. The van der Waals surface area contributed by atoms with Crippen molar-refractivity contribution in [3.05, 3.63) is 65.6 Å². The summed E-state index contributed by atoms with van der Waals surface area (Å²) in [6.45, 7) is 4.89. The third-order valence-electron chi connectivity index (χ3n) is 4.01. The summed E-state index contributed by atoms with van der Waals surface area (Å²) < 4.78 is 12.8. The lowest BCUT2D eigenvalue weighted by atomic mass is 10.2. The SMILES string of the molecule is CCOc1ccc(/C=C/C(=O)NCc2cn3cc(C)ccc3n2)cc1OC. The lowest BCUT2D eigenvalue weighted by Crippen LogP contribution is -2.20. The number of nitrogens with one attached hydrogen (secondary N) is 1. The minimum atomic E-state index is -0.184. The second kappa shape index (κ2) is 8.40. The van der Waals surface area contributed by atoms with Gasteiger partial charge in [0.25, 0.3) is 0 Å². The first-order chi connectivity index (χ1) is 13.1. The number of aromatic nitrogens is 2. The van der Waals surface area contributed by atoms with Gasteiger partial charge in [0.15, 0.2) is 11.5 Å². The van der Waals surface area contributed by atoms with Crippen molar-refractivity contribution < 1.29 is 14.3 Å². The molecule has 0 bridgehead atoms. The molecule has 1 amide bonds. The molecule has 0 radical (unpaired) electrons. The molecule has 0 spiro atoms. The molecule has 6 nitrogen and oxygen atoms in total. The average Bonchev–Trinajstić information content (AvgIpc) is 3.07. The Hall–Kier alpha value is -3.28. The van der Waals surface area contributed by atoms with Crippen molar-refractivity contribution in [1.82, 2.24) is 14.7 Å². The van der Waals surface area contributed by atoms with E-state index in [-0.39, 0.29) is 5.91 Å². The molecule has 140 valence electrons. The molecular weight excluding hydrogens is 342 g/mol. The highest BCUT2D eigenvalue weighted by atomic mass is 16.5. The van der Waals surface area contributed by atoms with E-state index < -0.39 is 0 Å². The highest BCUT2D eigenvalue weighted by Gasteiger charge is 2.05. The summed E-state index contributed by atoms with van der Waals surface area (Å²) in [5.41, 5.74) is 3.69. The van der Waals surface area contributed by atoms with Crippen LogP contribution in [0.5, 0.6) is 11.5 Å². The Morgan fingerprint density at radius 2 is 2.07 bits per heavy atom. The summed E-state index contributed by atoms with van der Waals surface area (Å²) in [5, 5.41) is 2.85. The van der Waals surface area contributed by atoms with Crippen LogP contribution in [0.1, 0.15) is 23.7 Å². The second-order valence-electron chi connectivity index (χ2n) is 6.10. The molecule has 0 saturated carbocycles. The molecule has 27 heavy (non-hydrogen) atoms. The van der Waals surface area contributed by atoms with E-state index in [4.69, 9.17) is 9.47 Å². The van der Waals surface area contributed by atoms with E-state index in [1.165, 1.54) is 6.08 Å². The minimum Gasteiger partial charge on any atom is -0.493 e. The highest BCUT2D eigenvalue weighted by molar-refractivity contribution is 5.91. The monoisotopic (exact) mass is 365 g/mol. The fraction of sp³-hybridized carbons (Fsp3) is 0.238. The lowest BCUT2D eigenvalue weighted by molar-refractivity contribution is -0.116. The van der Waals surface area contributed by atoms with Crippen molar-refractivity contribution in [3.8, 4) is 11.5 Å². The van der Waals surface area contributed by atoms with Gasteiger partial charge in [0.05, 0.1) is 26.0 Å². The molecular formula is C21H23N3O3. The first-order valence-corrected chi connectivity index (χ1v) is 8.80. The van der Waals surface area contributed by atoms with E-state index in [9.17, 15) is 4.79 Å². The van der Waals surface area contributed by atoms with Crippen LogP contribution in [-0.4, -0.2) is 29.0 Å². The van der Waals surface area contributed by atoms with E-state index in [1.807, 2.05) is 61.0 Å². The molecule has 1 aromatic carbocycles. The van der Waals surface area contributed by atoms with Gasteiger partial charge in [0, 0.05) is 18.5 Å². The zero-order valence-corrected chi connectivity index (χ0v) is 15.7. The van der Waals surface area contributed by atoms with E-state index >= 15 is 0 Å². The summed E-state index contributed by atoms with van der Waals surface area (Å²) in [6.07, 6.45) is 7.16. The van der Waals surface area contributed by atoms with Gasteiger partial charge in [-0.15, -0.1) is 0 Å². The summed E-state index contributed by atoms with van der Waals surface area (Å²) in [6, 6.07) is 9.51.